The summed E-state index contributed by atoms with van der Waals surface area (Å²) in [6.07, 6.45) is 0. The summed E-state index contributed by atoms with van der Waals surface area (Å²) in [5.74, 6) is 0. The van der Waals surface area contributed by atoms with E-state index in [1.807, 2.05) is 0 Å². The normalized spacial score (nSPS) is 21.7. The van der Waals surface area contributed by atoms with E-state index in [1.165, 1.54) is 16.9 Å². The molecule has 0 amide bonds. The van der Waals surface area contributed by atoms with Crippen LogP contribution < -0.4 is 9.80 Å². The molecule has 2 aliphatic heterocycles. The van der Waals surface area contributed by atoms with Crippen LogP contribution in [0, 0.1) is 0 Å². The Morgan fingerprint density at radius 3 is 2.00 bits per heavy atom. The van der Waals surface area contributed by atoms with Gasteiger partial charge in [0, 0.05) is 74.8 Å². The molecule has 0 radical (unpaired) electrons. The lowest BCUT2D eigenvalue weighted by Gasteiger charge is -2.48. The number of piperazine rings is 2. The molecule has 2 aromatic carbocycles. The Kier molecular flexibility index (Phi) is 6.59. The highest BCUT2D eigenvalue weighted by atomic mass is 15.3. The van der Waals surface area contributed by atoms with Crippen molar-refractivity contribution >= 4 is 11.4 Å². The van der Waals surface area contributed by atoms with Crippen LogP contribution in [0.1, 0.15) is 40.2 Å². The molecule has 1 atom stereocenters. The van der Waals surface area contributed by atoms with E-state index in [0.717, 1.165) is 45.8 Å². The van der Waals surface area contributed by atoms with Gasteiger partial charge in [-0.2, -0.15) is 0 Å². The number of hydrogen-bond donors (Lipinski definition) is 0. The zero-order chi connectivity index (χ0) is 22.0. The van der Waals surface area contributed by atoms with E-state index < -0.39 is 0 Å². The molecule has 4 rings (SSSR count). The molecule has 2 fully saturated rings. The highest BCUT2D eigenvalue weighted by Gasteiger charge is 2.34. The molecule has 31 heavy (non-hydrogen) atoms. The van der Waals surface area contributed by atoms with Gasteiger partial charge in [0.15, 0.2) is 0 Å². The van der Waals surface area contributed by atoms with E-state index in [0.29, 0.717) is 12.1 Å². The van der Waals surface area contributed by atoms with Gasteiger partial charge in [0.1, 0.15) is 0 Å². The minimum Gasteiger partial charge on any atom is -0.369 e. The van der Waals surface area contributed by atoms with Gasteiger partial charge in [0.05, 0.1) is 0 Å². The van der Waals surface area contributed by atoms with Crippen LogP contribution in [0.4, 0.5) is 11.4 Å². The summed E-state index contributed by atoms with van der Waals surface area (Å²) < 4.78 is 0. The first-order chi connectivity index (χ1) is 14.9. The number of rotatable bonds is 5. The van der Waals surface area contributed by atoms with E-state index in [1.54, 1.807) is 0 Å². The van der Waals surface area contributed by atoms with Crippen molar-refractivity contribution in [1.82, 2.24) is 9.80 Å². The maximum Gasteiger partial charge on any atom is 0.0406 e. The second kappa shape index (κ2) is 9.22. The summed E-state index contributed by atoms with van der Waals surface area (Å²) in [4.78, 5) is 10.3. The number of hydrogen-bond acceptors (Lipinski definition) is 4. The standard InChI is InChI=1S/C27H40N4/c1-22(2)28-15-17-29(18-16-28)25-13-11-24(12-14-25)27(4,5)30-19-20-31(23(3)21-30)26-9-7-6-8-10-26/h6-14,22-23H,15-21H2,1-5H3. The zero-order valence-corrected chi connectivity index (χ0v) is 20.1. The summed E-state index contributed by atoms with van der Waals surface area (Å²) in [7, 11) is 0. The molecule has 168 valence electrons. The number of nitrogens with zero attached hydrogens (tertiary/aromatic N) is 4. The number of para-hydroxylation sites is 1. The first-order valence-electron chi connectivity index (χ1n) is 12.0. The summed E-state index contributed by atoms with van der Waals surface area (Å²) in [6.45, 7) is 19.5. The van der Waals surface area contributed by atoms with E-state index in [2.05, 4.69) is 109 Å². The summed E-state index contributed by atoms with van der Waals surface area (Å²) in [5, 5.41) is 0. The third-order valence-corrected chi connectivity index (χ3v) is 7.49. The average molecular weight is 421 g/mol. The van der Waals surface area contributed by atoms with Crippen molar-refractivity contribution < 1.29 is 0 Å². The maximum atomic E-state index is 2.66. The molecule has 0 bridgehead atoms. The molecule has 2 aromatic rings. The molecular formula is C27H40N4. The number of benzene rings is 2. The van der Waals surface area contributed by atoms with Crippen LogP contribution in [-0.4, -0.2) is 67.7 Å². The van der Waals surface area contributed by atoms with Crippen LogP contribution in [0.25, 0.3) is 0 Å². The molecule has 0 N–H and O–H groups in total. The van der Waals surface area contributed by atoms with Gasteiger partial charge < -0.3 is 9.80 Å². The molecule has 2 aliphatic rings. The second-order valence-corrected chi connectivity index (χ2v) is 10.0. The predicted octanol–water partition coefficient (Wildman–Crippen LogP) is 4.66. The Balaban J connectivity index is 1.40. The van der Waals surface area contributed by atoms with Crippen LogP contribution in [0.3, 0.4) is 0 Å². The first-order valence-corrected chi connectivity index (χ1v) is 12.0. The van der Waals surface area contributed by atoms with Gasteiger partial charge in [-0.15, -0.1) is 0 Å². The molecule has 0 aromatic heterocycles. The van der Waals surface area contributed by atoms with Crippen LogP contribution in [0.15, 0.2) is 54.6 Å². The van der Waals surface area contributed by atoms with Crippen LogP contribution in [-0.2, 0) is 5.54 Å². The third kappa shape index (κ3) is 4.75. The van der Waals surface area contributed by atoms with Gasteiger partial charge >= 0.3 is 0 Å². The minimum atomic E-state index is 0.0336. The van der Waals surface area contributed by atoms with E-state index >= 15 is 0 Å². The molecule has 0 spiro atoms. The van der Waals surface area contributed by atoms with Gasteiger partial charge in [-0.25, -0.2) is 0 Å². The Bertz CT molecular complexity index is 822. The minimum absolute atomic E-state index is 0.0336. The van der Waals surface area contributed by atoms with Crippen LogP contribution in [0.2, 0.25) is 0 Å². The average Bonchev–Trinajstić information content (AvgIpc) is 2.79. The van der Waals surface area contributed by atoms with Crippen LogP contribution in [0.5, 0.6) is 0 Å². The monoisotopic (exact) mass is 420 g/mol. The predicted molar refractivity (Wildman–Crippen MR) is 133 cm³/mol. The first kappa shape index (κ1) is 22.2. The molecular weight excluding hydrogens is 380 g/mol. The lowest BCUT2D eigenvalue weighted by Crippen LogP contribution is -2.57. The summed E-state index contributed by atoms with van der Waals surface area (Å²) in [6, 6.07) is 21.4. The van der Waals surface area contributed by atoms with Crippen molar-refractivity contribution in [3.63, 3.8) is 0 Å². The van der Waals surface area contributed by atoms with Crippen LogP contribution >= 0.6 is 0 Å². The van der Waals surface area contributed by atoms with Gasteiger partial charge in [-0.05, 0) is 64.4 Å². The fraction of sp³-hybridized carbons (Fsp3) is 0.556. The zero-order valence-electron chi connectivity index (χ0n) is 20.1. The van der Waals surface area contributed by atoms with E-state index in [9.17, 15) is 0 Å². The van der Waals surface area contributed by atoms with Crippen molar-refractivity contribution in [2.75, 3.05) is 55.6 Å². The van der Waals surface area contributed by atoms with Crippen molar-refractivity contribution in [3.05, 3.63) is 60.2 Å². The molecule has 4 heteroatoms. The maximum absolute atomic E-state index is 2.66. The Hall–Kier alpha value is -2.04. The largest absolute Gasteiger partial charge is 0.369 e. The van der Waals surface area contributed by atoms with E-state index in [-0.39, 0.29) is 5.54 Å². The smallest absolute Gasteiger partial charge is 0.0406 e. The molecule has 2 saturated heterocycles. The topological polar surface area (TPSA) is 13.0 Å². The molecule has 4 nitrogen and oxygen atoms in total. The summed E-state index contributed by atoms with van der Waals surface area (Å²) in [5.41, 5.74) is 4.16. The highest BCUT2D eigenvalue weighted by Crippen LogP contribution is 2.32. The lowest BCUT2D eigenvalue weighted by atomic mass is 9.90. The van der Waals surface area contributed by atoms with Crippen molar-refractivity contribution in [3.8, 4) is 0 Å². The van der Waals surface area contributed by atoms with E-state index in [4.69, 9.17) is 0 Å². The molecule has 2 heterocycles. The van der Waals surface area contributed by atoms with Gasteiger partial charge in [-0.3, -0.25) is 9.80 Å². The fourth-order valence-electron chi connectivity index (χ4n) is 5.23. The third-order valence-electron chi connectivity index (χ3n) is 7.49. The van der Waals surface area contributed by atoms with Crippen molar-refractivity contribution in [2.45, 2.75) is 52.2 Å². The molecule has 0 saturated carbocycles. The molecule has 1 unspecified atom stereocenters. The van der Waals surface area contributed by atoms with Crippen molar-refractivity contribution in [1.29, 1.82) is 0 Å². The highest BCUT2D eigenvalue weighted by molar-refractivity contribution is 5.50. The Morgan fingerprint density at radius 2 is 1.42 bits per heavy atom. The number of anilines is 2. The van der Waals surface area contributed by atoms with Gasteiger partial charge in [0.25, 0.3) is 0 Å². The summed E-state index contributed by atoms with van der Waals surface area (Å²) >= 11 is 0. The second-order valence-electron chi connectivity index (χ2n) is 10.0. The lowest BCUT2D eigenvalue weighted by molar-refractivity contribution is 0.0958. The molecule has 0 aliphatic carbocycles. The van der Waals surface area contributed by atoms with Gasteiger partial charge in [-0.1, -0.05) is 30.3 Å². The SMILES string of the molecule is CC(C)N1CCN(c2ccc(C(C)(C)N3CCN(c4ccccc4)C(C)C3)cc2)CC1. The Labute approximate surface area is 189 Å². The fourth-order valence-corrected chi connectivity index (χ4v) is 5.23. The van der Waals surface area contributed by atoms with Crippen molar-refractivity contribution in [2.24, 2.45) is 0 Å². The quantitative estimate of drug-likeness (QED) is 0.697. The Morgan fingerprint density at radius 1 is 0.774 bits per heavy atom. The van der Waals surface area contributed by atoms with Gasteiger partial charge in [0.2, 0.25) is 0 Å².